The van der Waals surface area contributed by atoms with Gasteiger partial charge in [-0.2, -0.15) is 0 Å². The molecule has 5 nitrogen and oxygen atoms in total. The molecule has 3 atom stereocenters. The van der Waals surface area contributed by atoms with Crippen LogP contribution >= 0.6 is 0 Å². The number of nitrogens with one attached hydrogen (secondary N) is 1. The van der Waals surface area contributed by atoms with Gasteiger partial charge < -0.3 is 20.6 Å². The monoisotopic (exact) mass is 692 g/mol. The molecular formula is C44H85NO4. The first-order valence-corrected chi connectivity index (χ1v) is 21.6. The molecule has 0 rings (SSSR count). The van der Waals surface area contributed by atoms with E-state index in [1.54, 1.807) is 0 Å². The summed E-state index contributed by atoms with van der Waals surface area (Å²) in [6.07, 6.45) is 47.2. The van der Waals surface area contributed by atoms with Gasteiger partial charge >= 0.3 is 0 Å². The van der Waals surface area contributed by atoms with Gasteiger partial charge in [0.1, 0.15) is 6.10 Å². The summed E-state index contributed by atoms with van der Waals surface area (Å²) in [6, 6.07) is -0.827. The van der Waals surface area contributed by atoms with E-state index in [1.807, 2.05) is 0 Å². The molecule has 3 unspecified atom stereocenters. The van der Waals surface area contributed by atoms with Crippen molar-refractivity contribution in [2.45, 2.75) is 244 Å². The van der Waals surface area contributed by atoms with Crippen molar-refractivity contribution in [3.63, 3.8) is 0 Å². The molecule has 290 valence electrons. The van der Waals surface area contributed by atoms with Crippen LogP contribution in [0, 0.1) is 0 Å². The third-order valence-electron chi connectivity index (χ3n) is 10.0. The molecule has 4 N–H and O–H groups in total. The Morgan fingerprint density at radius 1 is 0.490 bits per heavy atom. The topological polar surface area (TPSA) is 89.8 Å². The molecular weight excluding hydrogens is 606 g/mol. The van der Waals surface area contributed by atoms with Gasteiger partial charge in [0, 0.05) is 6.42 Å². The second-order valence-corrected chi connectivity index (χ2v) is 14.9. The number of aliphatic hydroxyl groups excluding tert-OH is 3. The Morgan fingerprint density at radius 2 is 0.837 bits per heavy atom. The van der Waals surface area contributed by atoms with Gasteiger partial charge in [0.25, 0.3) is 0 Å². The number of hydrogen-bond donors (Lipinski definition) is 4. The van der Waals surface area contributed by atoms with E-state index in [-0.39, 0.29) is 12.5 Å². The standard InChI is InChI=1S/C44H85NO4/c1-3-5-7-9-11-13-15-17-18-19-20-21-22-23-24-25-27-29-31-33-35-37-39-43(48)45-41(40-46)44(49)42(47)38-36-34-32-30-28-26-16-14-12-10-8-6-4-2/h14,16,30,32,41-42,44,46-47,49H,3-13,15,17-29,31,33-40H2,1-2H3,(H,45,48)/b16-14+,32-30+. The molecule has 0 aliphatic rings. The highest BCUT2D eigenvalue weighted by Gasteiger charge is 2.26. The lowest BCUT2D eigenvalue weighted by Gasteiger charge is -2.26. The van der Waals surface area contributed by atoms with Crippen LogP contribution in [-0.4, -0.2) is 46.1 Å². The number of hydrogen-bond acceptors (Lipinski definition) is 4. The maximum absolute atomic E-state index is 12.4. The molecule has 0 aromatic carbocycles. The highest BCUT2D eigenvalue weighted by molar-refractivity contribution is 5.76. The van der Waals surface area contributed by atoms with E-state index in [2.05, 4.69) is 43.5 Å². The van der Waals surface area contributed by atoms with Crippen molar-refractivity contribution < 1.29 is 20.1 Å². The van der Waals surface area contributed by atoms with E-state index in [0.717, 1.165) is 44.9 Å². The smallest absolute Gasteiger partial charge is 0.220 e. The number of carbonyl (C=O) groups is 1. The maximum Gasteiger partial charge on any atom is 0.220 e. The van der Waals surface area contributed by atoms with Crippen molar-refractivity contribution in [1.29, 1.82) is 0 Å². The number of rotatable bonds is 39. The minimum Gasteiger partial charge on any atom is -0.394 e. The van der Waals surface area contributed by atoms with Crippen LogP contribution in [0.25, 0.3) is 0 Å². The van der Waals surface area contributed by atoms with Gasteiger partial charge in [-0.15, -0.1) is 0 Å². The zero-order valence-electron chi connectivity index (χ0n) is 32.8. The minimum atomic E-state index is -1.16. The molecule has 0 aromatic heterocycles. The van der Waals surface area contributed by atoms with Crippen LogP contribution in [0.5, 0.6) is 0 Å². The van der Waals surface area contributed by atoms with Gasteiger partial charge in [0.15, 0.2) is 0 Å². The predicted octanol–water partition coefficient (Wildman–Crippen LogP) is 12.2. The number of amides is 1. The number of unbranched alkanes of at least 4 members (excludes halogenated alkanes) is 27. The molecule has 0 heterocycles. The second kappa shape index (κ2) is 39.6. The summed E-state index contributed by atoms with van der Waals surface area (Å²) in [7, 11) is 0. The van der Waals surface area contributed by atoms with Crippen LogP contribution in [-0.2, 0) is 4.79 Å². The van der Waals surface area contributed by atoms with Crippen LogP contribution in [0.15, 0.2) is 24.3 Å². The zero-order chi connectivity index (χ0) is 35.9. The molecule has 1 amide bonds. The maximum atomic E-state index is 12.4. The fourth-order valence-electron chi connectivity index (χ4n) is 6.65. The van der Waals surface area contributed by atoms with E-state index in [9.17, 15) is 20.1 Å². The lowest BCUT2D eigenvalue weighted by Crippen LogP contribution is -2.50. The summed E-state index contributed by atoms with van der Waals surface area (Å²) >= 11 is 0. The quantitative estimate of drug-likeness (QED) is 0.0381. The highest BCUT2D eigenvalue weighted by atomic mass is 16.3. The zero-order valence-corrected chi connectivity index (χ0v) is 32.8. The summed E-state index contributed by atoms with van der Waals surface area (Å²) in [5.74, 6) is -0.156. The average Bonchev–Trinajstić information content (AvgIpc) is 3.10. The number of aliphatic hydroxyl groups is 3. The van der Waals surface area contributed by atoms with Crippen LogP contribution in [0.1, 0.15) is 226 Å². The second-order valence-electron chi connectivity index (χ2n) is 14.9. The summed E-state index contributed by atoms with van der Waals surface area (Å²) in [4.78, 5) is 12.4. The number of allylic oxidation sites excluding steroid dienone is 4. The van der Waals surface area contributed by atoms with Crippen LogP contribution in [0.4, 0.5) is 0 Å². The van der Waals surface area contributed by atoms with E-state index in [4.69, 9.17) is 0 Å². The Labute approximate surface area is 305 Å². The summed E-state index contributed by atoms with van der Waals surface area (Å²) < 4.78 is 0. The molecule has 49 heavy (non-hydrogen) atoms. The molecule has 5 heteroatoms. The highest BCUT2D eigenvalue weighted by Crippen LogP contribution is 2.16. The van der Waals surface area contributed by atoms with Crippen molar-refractivity contribution in [3.8, 4) is 0 Å². The summed E-state index contributed by atoms with van der Waals surface area (Å²) in [5, 5.41) is 33.4. The Kier molecular flexibility index (Phi) is 38.7. The van der Waals surface area contributed by atoms with Crippen LogP contribution in [0.2, 0.25) is 0 Å². The van der Waals surface area contributed by atoms with Crippen molar-refractivity contribution in [2.75, 3.05) is 6.61 Å². The molecule has 0 aliphatic heterocycles. The molecule has 0 fully saturated rings. The molecule has 0 saturated heterocycles. The SMILES string of the molecule is CCCCCC/C=C/CC/C=C/CCCC(O)C(O)C(CO)NC(=O)CCCCCCCCCCCCCCCCCCCCCCCC. The van der Waals surface area contributed by atoms with Gasteiger partial charge in [-0.05, 0) is 51.4 Å². The first-order valence-electron chi connectivity index (χ1n) is 21.6. The Hall–Kier alpha value is -1.17. The molecule has 0 aromatic rings. The molecule has 0 radical (unpaired) electrons. The number of carbonyl (C=O) groups excluding carboxylic acids is 1. The van der Waals surface area contributed by atoms with Crippen LogP contribution in [0.3, 0.4) is 0 Å². The summed E-state index contributed by atoms with van der Waals surface area (Å²) in [6.45, 7) is 4.15. The van der Waals surface area contributed by atoms with E-state index in [0.29, 0.717) is 12.8 Å². The average molecular weight is 692 g/mol. The molecule has 0 spiro atoms. The van der Waals surface area contributed by atoms with E-state index < -0.39 is 18.2 Å². The Balaban J connectivity index is 3.62. The Bertz CT molecular complexity index is 724. The van der Waals surface area contributed by atoms with Gasteiger partial charge in [-0.1, -0.05) is 192 Å². The van der Waals surface area contributed by atoms with E-state index >= 15 is 0 Å². The molecule has 0 aliphatic carbocycles. The normalized spacial score (nSPS) is 13.8. The van der Waals surface area contributed by atoms with Gasteiger partial charge in [-0.25, -0.2) is 0 Å². The first-order chi connectivity index (χ1) is 24.1. The summed E-state index contributed by atoms with van der Waals surface area (Å²) in [5.41, 5.74) is 0. The van der Waals surface area contributed by atoms with Gasteiger partial charge in [0.2, 0.25) is 5.91 Å². The molecule has 0 bridgehead atoms. The lowest BCUT2D eigenvalue weighted by atomic mass is 10.0. The van der Waals surface area contributed by atoms with Crippen molar-refractivity contribution >= 4 is 5.91 Å². The fraction of sp³-hybridized carbons (Fsp3) is 0.886. The fourth-order valence-corrected chi connectivity index (χ4v) is 6.65. The van der Waals surface area contributed by atoms with Gasteiger partial charge in [-0.3, -0.25) is 4.79 Å². The van der Waals surface area contributed by atoms with Crippen molar-refractivity contribution in [1.82, 2.24) is 5.32 Å². The van der Waals surface area contributed by atoms with Gasteiger partial charge in [0.05, 0.1) is 18.8 Å². The van der Waals surface area contributed by atoms with E-state index in [1.165, 1.54) is 154 Å². The van der Waals surface area contributed by atoms with Crippen molar-refractivity contribution in [2.24, 2.45) is 0 Å². The first kappa shape index (κ1) is 47.8. The largest absolute Gasteiger partial charge is 0.394 e. The third-order valence-corrected chi connectivity index (χ3v) is 10.0. The van der Waals surface area contributed by atoms with Crippen molar-refractivity contribution in [3.05, 3.63) is 24.3 Å². The molecule has 0 saturated carbocycles. The minimum absolute atomic E-state index is 0.156. The third kappa shape index (κ3) is 35.0. The Morgan fingerprint density at radius 3 is 1.24 bits per heavy atom. The lowest BCUT2D eigenvalue weighted by molar-refractivity contribution is -0.124. The van der Waals surface area contributed by atoms with Crippen LogP contribution < -0.4 is 5.32 Å². The predicted molar refractivity (Wildman–Crippen MR) is 213 cm³/mol.